The lowest BCUT2D eigenvalue weighted by molar-refractivity contribution is 0.301. The van der Waals surface area contributed by atoms with Gasteiger partial charge in [0, 0.05) is 29.3 Å². The topological polar surface area (TPSA) is 49.5 Å². The van der Waals surface area contributed by atoms with Crippen molar-refractivity contribution in [1.82, 2.24) is 0 Å². The average molecular weight is 349 g/mol. The lowest BCUT2D eigenvalue weighted by atomic mass is 10.1. The van der Waals surface area contributed by atoms with E-state index in [4.69, 9.17) is 5.73 Å². The second-order valence-corrected chi connectivity index (χ2v) is 6.04. The van der Waals surface area contributed by atoms with E-state index in [1.165, 1.54) is 5.56 Å². The van der Waals surface area contributed by atoms with E-state index in [1.54, 1.807) is 0 Å². The largest absolute Gasteiger partial charge is 0.395 e. The van der Waals surface area contributed by atoms with Gasteiger partial charge in [-0.2, -0.15) is 0 Å². The molecule has 0 spiro atoms. The average Bonchev–Trinajstić information content (AvgIpc) is 2.47. The maximum atomic E-state index is 9.39. The molecule has 2 aromatic rings. The van der Waals surface area contributed by atoms with Crippen molar-refractivity contribution >= 4 is 21.6 Å². The van der Waals surface area contributed by atoms with Gasteiger partial charge in [-0.25, -0.2) is 0 Å². The molecule has 4 heteroatoms. The first-order chi connectivity index (χ1) is 10.1. The number of halogens is 1. The number of hydrogen-bond acceptors (Lipinski definition) is 3. The molecule has 0 fully saturated rings. The zero-order chi connectivity index (χ0) is 15.2. The number of aliphatic hydroxyl groups is 1. The van der Waals surface area contributed by atoms with Gasteiger partial charge >= 0.3 is 0 Å². The quantitative estimate of drug-likeness (QED) is 0.840. The summed E-state index contributed by atoms with van der Waals surface area (Å²) >= 11 is 3.52. The van der Waals surface area contributed by atoms with Gasteiger partial charge in [0.2, 0.25) is 0 Å². The molecule has 1 unspecified atom stereocenters. The summed E-state index contributed by atoms with van der Waals surface area (Å²) in [6, 6.07) is 16.3. The Hall–Kier alpha value is -1.36. The molecule has 0 aromatic heterocycles. The van der Waals surface area contributed by atoms with E-state index in [1.807, 2.05) is 37.3 Å². The Bertz CT molecular complexity index is 572. The van der Waals surface area contributed by atoms with Crippen molar-refractivity contribution < 1.29 is 5.11 Å². The summed E-state index contributed by atoms with van der Waals surface area (Å²) in [4.78, 5) is 2.17. The normalized spacial score (nSPS) is 12.2. The number of benzene rings is 2. The molecular formula is C17H21BrN2O. The first kappa shape index (κ1) is 16.0. The Morgan fingerprint density at radius 2 is 1.90 bits per heavy atom. The highest BCUT2D eigenvalue weighted by Gasteiger charge is 2.14. The number of nitrogens with two attached hydrogens (primary N) is 1. The molecule has 0 saturated carbocycles. The minimum absolute atomic E-state index is 0.0509. The van der Waals surface area contributed by atoms with Crippen LogP contribution in [0, 0.1) is 0 Å². The van der Waals surface area contributed by atoms with E-state index < -0.39 is 0 Å². The third-order valence-corrected chi connectivity index (χ3v) is 3.90. The highest BCUT2D eigenvalue weighted by molar-refractivity contribution is 9.10. The lowest BCUT2D eigenvalue weighted by Crippen LogP contribution is -2.28. The molecule has 21 heavy (non-hydrogen) atoms. The van der Waals surface area contributed by atoms with Gasteiger partial charge in [-0.1, -0.05) is 52.3 Å². The first-order valence-corrected chi connectivity index (χ1v) is 7.86. The zero-order valence-corrected chi connectivity index (χ0v) is 13.8. The van der Waals surface area contributed by atoms with Gasteiger partial charge < -0.3 is 15.7 Å². The number of aliphatic hydroxyl groups excluding tert-OH is 1. The van der Waals surface area contributed by atoms with E-state index >= 15 is 0 Å². The third kappa shape index (κ3) is 4.30. The van der Waals surface area contributed by atoms with Crippen molar-refractivity contribution in [1.29, 1.82) is 0 Å². The summed E-state index contributed by atoms with van der Waals surface area (Å²) < 4.78 is 1.01. The monoisotopic (exact) mass is 348 g/mol. The van der Waals surface area contributed by atoms with Gasteiger partial charge in [-0.05, 0) is 30.2 Å². The van der Waals surface area contributed by atoms with Gasteiger partial charge in [0.1, 0.15) is 0 Å². The van der Waals surface area contributed by atoms with Crippen LogP contribution in [0.2, 0.25) is 0 Å². The molecule has 0 radical (unpaired) electrons. The molecule has 0 aliphatic rings. The van der Waals surface area contributed by atoms with Gasteiger partial charge in [0.05, 0.1) is 6.61 Å². The Balaban J connectivity index is 2.35. The van der Waals surface area contributed by atoms with Crippen molar-refractivity contribution in [3.8, 4) is 0 Å². The van der Waals surface area contributed by atoms with Crippen LogP contribution in [-0.2, 0) is 6.54 Å². The minimum atomic E-state index is -0.0509. The SMILES string of the molecule is CC(N)c1ccc(Br)cc1N(CCO)Cc1ccccc1. The van der Waals surface area contributed by atoms with Crippen LogP contribution in [0.4, 0.5) is 5.69 Å². The van der Waals surface area contributed by atoms with Crippen LogP contribution in [0.3, 0.4) is 0 Å². The fourth-order valence-corrected chi connectivity index (χ4v) is 2.73. The van der Waals surface area contributed by atoms with Gasteiger partial charge in [0.25, 0.3) is 0 Å². The summed E-state index contributed by atoms with van der Waals surface area (Å²) in [5.41, 5.74) is 9.45. The van der Waals surface area contributed by atoms with E-state index in [0.29, 0.717) is 6.54 Å². The van der Waals surface area contributed by atoms with Crippen LogP contribution < -0.4 is 10.6 Å². The Labute approximate surface area is 134 Å². The predicted octanol–water partition coefficient (Wildman–Crippen LogP) is 3.47. The number of nitrogens with zero attached hydrogens (tertiary/aromatic N) is 1. The molecule has 0 aliphatic carbocycles. The maximum absolute atomic E-state index is 9.39. The van der Waals surface area contributed by atoms with Crippen LogP contribution in [0.1, 0.15) is 24.1 Å². The third-order valence-electron chi connectivity index (χ3n) is 3.41. The Morgan fingerprint density at radius 3 is 2.52 bits per heavy atom. The van der Waals surface area contributed by atoms with Crippen molar-refractivity contribution in [2.45, 2.75) is 19.5 Å². The van der Waals surface area contributed by atoms with Crippen LogP contribution in [0.25, 0.3) is 0 Å². The number of hydrogen-bond donors (Lipinski definition) is 2. The lowest BCUT2D eigenvalue weighted by Gasteiger charge is -2.28. The fourth-order valence-electron chi connectivity index (χ4n) is 2.38. The second-order valence-electron chi connectivity index (χ2n) is 5.12. The summed E-state index contributed by atoms with van der Waals surface area (Å²) in [6.45, 7) is 3.41. The molecule has 3 nitrogen and oxygen atoms in total. The van der Waals surface area contributed by atoms with Crippen molar-refractivity contribution in [3.05, 3.63) is 64.1 Å². The minimum Gasteiger partial charge on any atom is -0.395 e. The van der Waals surface area contributed by atoms with Crippen LogP contribution in [0.15, 0.2) is 53.0 Å². The molecular weight excluding hydrogens is 328 g/mol. The van der Waals surface area contributed by atoms with E-state index in [0.717, 1.165) is 22.3 Å². The number of rotatable bonds is 6. The molecule has 0 bridgehead atoms. The van der Waals surface area contributed by atoms with Crippen LogP contribution in [-0.4, -0.2) is 18.3 Å². The van der Waals surface area contributed by atoms with Crippen molar-refractivity contribution in [2.24, 2.45) is 5.73 Å². The summed E-state index contributed by atoms with van der Waals surface area (Å²) in [7, 11) is 0. The second kappa shape index (κ2) is 7.59. The molecule has 0 heterocycles. The molecule has 0 aliphatic heterocycles. The van der Waals surface area contributed by atoms with Gasteiger partial charge in [-0.15, -0.1) is 0 Å². The van der Waals surface area contributed by atoms with E-state index in [9.17, 15) is 5.11 Å². The molecule has 1 atom stereocenters. The Morgan fingerprint density at radius 1 is 1.19 bits per heavy atom. The van der Waals surface area contributed by atoms with Gasteiger partial charge in [-0.3, -0.25) is 0 Å². The smallest absolute Gasteiger partial charge is 0.0606 e. The summed E-state index contributed by atoms with van der Waals surface area (Å²) in [5, 5.41) is 9.39. The van der Waals surface area contributed by atoms with Crippen LogP contribution >= 0.6 is 15.9 Å². The van der Waals surface area contributed by atoms with E-state index in [-0.39, 0.29) is 12.6 Å². The highest BCUT2D eigenvalue weighted by atomic mass is 79.9. The standard InChI is InChI=1S/C17H21BrN2O/c1-13(19)16-8-7-15(18)11-17(16)20(9-10-21)12-14-5-3-2-4-6-14/h2-8,11,13,21H,9-10,12,19H2,1H3. The summed E-state index contributed by atoms with van der Waals surface area (Å²) in [6.07, 6.45) is 0. The van der Waals surface area contributed by atoms with Gasteiger partial charge in [0.15, 0.2) is 0 Å². The molecule has 0 saturated heterocycles. The van der Waals surface area contributed by atoms with Crippen molar-refractivity contribution in [2.75, 3.05) is 18.1 Å². The molecule has 2 rings (SSSR count). The highest BCUT2D eigenvalue weighted by Crippen LogP contribution is 2.29. The zero-order valence-electron chi connectivity index (χ0n) is 12.2. The summed E-state index contributed by atoms with van der Waals surface area (Å²) in [5.74, 6) is 0. The predicted molar refractivity (Wildman–Crippen MR) is 91.3 cm³/mol. The first-order valence-electron chi connectivity index (χ1n) is 7.06. The maximum Gasteiger partial charge on any atom is 0.0606 e. The van der Waals surface area contributed by atoms with Crippen molar-refractivity contribution in [3.63, 3.8) is 0 Å². The Kier molecular flexibility index (Phi) is 5.79. The molecule has 112 valence electrons. The van der Waals surface area contributed by atoms with Crippen LogP contribution in [0.5, 0.6) is 0 Å². The fraction of sp³-hybridized carbons (Fsp3) is 0.294. The molecule has 0 amide bonds. The molecule has 3 N–H and O–H groups in total. The molecule has 2 aromatic carbocycles. The number of anilines is 1. The van der Waals surface area contributed by atoms with E-state index in [2.05, 4.69) is 39.0 Å².